The minimum Gasteiger partial charge on any atom is -0.293 e. The van der Waals surface area contributed by atoms with Gasteiger partial charge in [-0.1, -0.05) is 0 Å². The molecule has 0 N–H and O–H groups in total. The second-order valence-corrected chi connectivity index (χ2v) is 2.76. The lowest BCUT2D eigenvalue weighted by Crippen LogP contribution is -2.06. The fourth-order valence-corrected chi connectivity index (χ4v) is 1.07. The molecule has 1 rings (SSSR count). The summed E-state index contributed by atoms with van der Waals surface area (Å²) in [7, 11) is 0. The Bertz CT molecular complexity index is 426. The maximum Gasteiger partial charge on any atom is 0.180 e. The van der Waals surface area contributed by atoms with Gasteiger partial charge in [-0.3, -0.25) is 4.79 Å². The van der Waals surface area contributed by atoms with Gasteiger partial charge in [0.25, 0.3) is 0 Å². The number of Topliss-reactive ketones (excluding diaryl/α,β-unsaturated/α-hetero) is 1. The van der Waals surface area contributed by atoms with Gasteiger partial charge < -0.3 is 0 Å². The van der Waals surface area contributed by atoms with Gasteiger partial charge in [0.2, 0.25) is 0 Å². The molecule has 0 aliphatic heterocycles. The van der Waals surface area contributed by atoms with E-state index in [-0.39, 0.29) is 5.56 Å². The second-order valence-electron chi connectivity index (χ2n) is 2.49. The van der Waals surface area contributed by atoms with E-state index in [4.69, 9.17) is 16.9 Å². The summed E-state index contributed by atoms with van der Waals surface area (Å²) in [5.74, 6) is -3.70. The van der Waals surface area contributed by atoms with Crippen molar-refractivity contribution >= 4 is 17.4 Å². The molecule has 0 unspecified atom stereocenters. The van der Waals surface area contributed by atoms with Gasteiger partial charge in [-0.2, -0.15) is 5.26 Å². The van der Waals surface area contributed by atoms with E-state index in [0.29, 0.717) is 0 Å². The molecule has 0 aromatic heterocycles. The average Bonchev–Trinajstić information content (AvgIpc) is 2.20. The van der Waals surface area contributed by atoms with Crippen LogP contribution < -0.4 is 0 Å². The monoisotopic (exact) mass is 215 g/mol. The lowest BCUT2D eigenvalue weighted by Gasteiger charge is -2.01. The molecule has 0 fully saturated rings. The Hall–Kier alpha value is -1.47. The molecule has 0 aliphatic rings. The molecule has 5 heteroatoms. The van der Waals surface area contributed by atoms with Gasteiger partial charge >= 0.3 is 0 Å². The number of benzene rings is 1. The predicted molar refractivity (Wildman–Crippen MR) is 46.1 cm³/mol. The molecule has 0 radical (unpaired) electrons. The van der Waals surface area contributed by atoms with Crippen LogP contribution >= 0.6 is 11.6 Å². The summed E-state index contributed by atoms with van der Waals surface area (Å²) in [5.41, 5.74) is -0.603. The highest BCUT2D eigenvalue weighted by atomic mass is 35.5. The minimum absolute atomic E-state index is 0.114. The number of nitriles is 1. The van der Waals surface area contributed by atoms with Crippen LogP contribution in [0.2, 0.25) is 0 Å². The zero-order chi connectivity index (χ0) is 10.7. The average molecular weight is 216 g/mol. The maximum absolute atomic E-state index is 13.0. The first kappa shape index (κ1) is 10.6. The lowest BCUT2D eigenvalue weighted by atomic mass is 10.1. The maximum atomic E-state index is 13.0. The second kappa shape index (κ2) is 4.16. The largest absolute Gasteiger partial charge is 0.293 e. The van der Waals surface area contributed by atoms with Crippen LogP contribution in [-0.2, 0) is 0 Å². The van der Waals surface area contributed by atoms with Gasteiger partial charge in [-0.05, 0) is 12.1 Å². The van der Waals surface area contributed by atoms with Crippen molar-refractivity contribution in [3.63, 3.8) is 0 Å². The summed E-state index contributed by atoms with van der Waals surface area (Å²) >= 11 is 5.18. The number of hydrogen-bond donors (Lipinski definition) is 0. The molecule has 0 heterocycles. The van der Waals surface area contributed by atoms with Gasteiger partial charge in [0.05, 0.1) is 23.1 Å². The van der Waals surface area contributed by atoms with Crippen molar-refractivity contribution in [2.45, 2.75) is 0 Å². The number of hydrogen-bond acceptors (Lipinski definition) is 2. The molecule has 0 aliphatic carbocycles. The van der Waals surface area contributed by atoms with E-state index in [0.717, 1.165) is 12.1 Å². The fraction of sp³-hybridized carbons (Fsp3) is 0.111. The van der Waals surface area contributed by atoms with Gasteiger partial charge in [0.15, 0.2) is 17.4 Å². The third-order valence-corrected chi connectivity index (χ3v) is 1.82. The highest BCUT2D eigenvalue weighted by Crippen LogP contribution is 2.15. The van der Waals surface area contributed by atoms with E-state index in [1.807, 2.05) is 0 Å². The van der Waals surface area contributed by atoms with Crippen LogP contribution in [0.4, 0.5) is 8.78 Å². The van der Waals surface area contributed by atoms with E-state index in [2.05, 4.69) is 0 Å². The summed E-state index contributed by atoms with van der Waals surface area (Å²) < 4.78 is 25.8. The number of alkyl halides is 1. The molecular formula is C9H4ClF2NO. The molecule has 0 spiro atoms. The Balaban J connectivity index is 3.36. The number of carbonyl (C=O) groups is 1. The quantitative estimate of drug-likeness (QED) is 0.561. The van der Waals surface area contributed by atoms with E-state index >= 15 is 0 Å². The minimum atomic E-state index is -1.27. The van der Waals surface area contributed by atoms with E-state index in [9.17, 15) is 13.6 Å². The summed E-state index contributed by atoms with van der Waals surface area (Å²) in [5, 5.41) is 8.45. The van der Waals surface area contributed by atoms with Crippen LogP contribution in [0.15, 0.2) is 12.1 Å². The van der Waals surface area contributed by atoms with E-state index < -0.39 is 28.9 Å². The van der Waals surface area contributed by atoms with Gasteiger partial charge in [-0.15, -0.1) is 11.6 Å². The van der Waals surface area contributed by atoms with Crippen molar-refractivity contribution in [2.75, 3.05) is 5.88 Å². The molecule has 14 heavy (non-hydrogen) atoms. The molecular weight excluding hydrogens is 212 g/mol. The topological polar surface area (TPSA) is 40.9 Å². The lowest BCUT2D eigenvalue weighted by molar-refractivity contribution is 0.101. The van der Waals surface area contributed by atoms with Crippen molar-refractivity contribution in [1.29, 1.82) is 5.26 Å². The number of halogens is 3. The van der Waals surface area contributed by atoms with Gasteiger partial charge in [0.1, 0.15) is 0 Å². The molecule has 0 bridgehead atoms. The van der Waals surface area contributed by atoms with Crippen molar-refractivity contribution in [3.05, 3.63) is 34.9 Å². The smallest absolute Gasteiger partial charge is 0.180 e. The number of nitrogens with zero attached hydrogens (tertiary/aromatic N) is 1. The van der Waals surface area contributed by atoms with E-state index in [1.165, 1.54) is 0 Å². The van der Waals surface area contributed by atoms with Crippen molar-refractivity contribution in [2.24, 2.45) is 0 Å². The summed E-state index contributed by atoms with van der Waals surface area (Å²) in [4.78, 5) is 11.0. The number of ketones is 1. The van der Waals surface area contributed by atoms with Crippen LogP contribution in [0.5, 0.6) is 0 Å². The summed E-state index contributed by atoms with van der Waals surface area (Å²) in [6, 6.07) is 3.31. The van der Waals surface area contributed by atoms with Crippen LogP contribution in [0.25, 0.3) is 0 Å². The SMILES string of the molecule is N#Cc1cc(F)c(F)c(C(=O)CCl)c1. The molecule has 0 atom stereocenters. The third-order valence-electron chi connectivity index (χ3n) is 1.58. The number of carbonyl (C=O) groups excluding carboxylic acids is 1. The van der Waals surface area contributed by atoms with Crippen molar-refractivity contribution < 1.29 is 13.6 Å². The molecule has 0 saturated heterocycles. The Labute approximate surface area is 83.7 Å². The molecule has 0 amide bonds. The predicted octanol–water partition coefficient (Wildman–Crippen LogP) is 2.26. The van der Waals surface area contributed by atoms with Crippen LogP contribution in [0.3, 0.4) is 0 Å². The Morgan fingerprint density at radius 2 is 2.14 bits per heavy atom. The van der Waals surface area contributed by atoms with Crippen molar-refractivity contribution in [3.8, 4) is 6.07 Å². The van der Waals surface area contributed by atoms with E-state index in [1.54, 1.807) is 6.07 Å². The van der Waals surface area contributed by atoms with Crippen LogP contribution in [0, 0.1) is 23.0 Å². The third kappa shape index (κ3) is 1.88. The molecule has 1 aromatic rings. The highest BCUT2D eigenvalue weighted by molar-refractivity contribution is 6.30. The zero-order valence-corrected chi connectivity index (χ0v) is 7.61. The Morgan fingerprint density at radius 1 is 1.50 bits per heavy atom. The normalized spacial score (nSPS) is 9.57. The van der Waals surface area contributed by atoms with Crippen LogP contribution in [0.1, 0.15) is 15.9 Å². The zero-order valence-electron chi connectivity index (χ0n) is 6.85. The van der Waals surface area contributed by atoms with Crippen LogP contribution in [-0.4, -0.2) is 11.7 Å². The standard InChI is InChI=1S/C9H4ClF2NO/c10-3-8(14)6-1-5(4-13)2-7(11)9(6)12/h1-2H,3H2. The number of rotatable bonds is 2. The van der Waals surface area contributed by atoms with Crippen molar-refractivity contribution in [1.82, 2.24) is 0 Å². The molecule has 72 valence electrons. The molecule has 2 nitrogen and oxygen atoms in total. The van der Waals surface area contributed by atoms with Gasteiger partial charge in [-0.25, -0.2) is 8.78 Å². The molecule has 1 aromatic carbocycles. The first-order valence-electron chi connectivity index (χ1n) is 3.58. The fourth-order valence-electron chi connectivity index (χ4n) is 0.929. The van der Waals surface area contributed by atoms with Gasteiger partial charge in [0, 0.05) is 0 Å². The summed E-state index contributed by atoms with van der Waals surface area (Å²) in [6.45, 7) is 0. The first-order chi connectivity index (χ1) is 6.60. The highest BCUT2D eigenvalue weighted by Gasteiger charge is 2.16. The molecule has 0 saturated carbocycles. The first-order valence-corrected chi connectivity index (χ1v) is 4.12. The summed E-state index contributed by atoms with van der Waals surface area (Å²) in [6.07, 6.45) is 0. The Morgan fingerprint density at radius 3 is 2.64 bits per heavy atom. The Kier molecular flexibility index (Phi) is 3.15.